The molecule has 3 heterocycles. The molecule has 1 aromatic heterocycles. The molecule has 1 fully saturated rings. The quantitative estimate of drug-likeness (QED) is 0.619. The second-order valence-electron chi connectivity index (χ2n) is 8.31. The number of likely N-dealkylation sites (tertiary alicyclic amines) is 1. The minimum atomic E-state index is -0.806. The summed E-state index contributed by atoms with van der Waals surface area (Å²) in [6.07, 6.45) is 5.33. The van der Waals surface area contributed by atoms with Crippen LogP contribution in [-0.4, -0.2) is 59.1 Å². The predicted molar refractivity (Wildman–Crippen MR) is 108 cm³/mol. The number of piperidine rings is 1. The van der Waals surface area contributed by atoms with Gasteiger partial charge in [0.1, 0.15) is 11.9 Å². The third-order valence-electron chi connectivity index (χ3n) is 6.20. The van der Waals surface area contributed by atoms with Gasteiger partial charge in [0.25, 0.3) is 0 Å². The van der Waals surface area contributed by atoms with Gasteiger partial charge in [0.05, 0.1) is 0 Å². The van der Waals surface area contributed by atoms with Crippen molar-refractivity contribution < 1.29 is 14.7 Å². The number of nitrogens with zero attached hydrogens (tertiary/aromatic N) is 2. The molecule has 2 aliphatic rings. The number of rotatable bonds is 7. The number of aliphatic carboxylic acids is 1. The number of pyridine rings is 1. The summed E-state index contributed by atoms with van der Waals surface area (Å²) in [6.45, 7) is 6.60. The lowest BCUT2D eigenvalue weighted by molar-refractivity contribution is -0.144. The number of anilines is 1. The first-order valence-electron chi connectivity index (χ1n) is 10.4. The standard InChI is InChI=1S/C21H32N4O3/c1-15(19(26)27)25-13-9-21(2,10-14-25)20(28)23-12-4-6-17-8-7-16-5-3-11-22-18(16)24-17/h7-8,15H,3-6,9-14H2,1-2H3,(H,22,24)(H,23,28)(H,26,27). The summed E-state index contributed by atoms with van der Waals surface area (Å²) in [5.41, 5.74) is 1.94. The normalized spacial score (nSPS) is 19.9. The van der Waals surface area contributed by atoms with Gasteiger partial charge in [-0.1, -0.05) is 13.0 Å². The molecule has 7 nitrogen and oxygen atoms in total. The average Bonchev–Trinajstić information content (AvgIpc) is 2.71. The van der Waals surface area contributed by atoms with Crippen molar-refractivity contribution >= 4 is 17.7 Å². The number of fused-ring (bicyclic) bond motifs is 1. The minimum Gasteiger partial charge on any atom is -0.480 e. The lowest BCUT2D eigenvalue weighted by Crippen LogP contribution is -2.51. The molecule has 0 aromatic carbocycles. The van der Waals surface area contributed by atoms with Gasteiger partial charge in [-0.15, -0.1) is 0 Å². The lowest BCUT2D eigenvalue weighted by Gasteiger charge is -2.39. The summed E-state index contributed by atoms with van der Waals surface area (Å²) in [5.74, 6) is 0.289. The zero-order valence-corrected chi connectivity index (χ0v) is 17.0. The van der Waals surface area contributed by atoms with Crippen LogP contribution in [0.15, 0.2) is 12.1 Å². The van der Waals surface area contributed by atoms with E-state index in [1.165, 1.54) is 5.56 Å². The Bertz CT molecular complexity index is 714. The summed E-state index contributed by atoms with van der Waals surface area (Å²) in [5, 5.41) is 15.6. The van der Waals surface area contributed by atoms with Gasteiger partial charge in [0.2, 0.25) is 5.91 Å². The van der Waals surface area contributed by atoms with E-state index < -0.39 is 17.4 Å². The Kier molecular flexibility index (Phi) is 6.54. The molecule has 0 bridgehead atoms. The van der Waals surface area contributed by atoms with Crippen molar-refractivity contribution in [1.82, 2.24) is 15.2 Å². The van der Waals surface area contributed by atoms with Crippen LogP contribution < -0.4 is 10.6 Å². The highest BCUT2D eigenvalue weighted by atomic mass is 16.4. The average molecular weight is 389 g/mol. The van der Waals surface area contributed by atoms with Crippen molar-refractivity contribution in [1.29, 1.82) is 0 Å². The van der Waals surface area contributed by atoms with E-state index in [1.54, 1.807) is 6.92 Å². The Balaban J connectivity index is 1.41. The van der Waals surface area contributed by atoms with Crippen LogP contribution in [-0.2, 0) is 22.4 Å². The Morgan fingerprint density at radius 3 is 2.82 bits per heavy atom. The van der Waals surface area contributed by atoms with Crippen LogP contribution in [0.2, 0.25) is 0 Å². The molecule has 1 saturated heterocycles. The Morgan fingerprint density at radius 1 is 1.36 bits per heavy atom. The van der Waals surface area contributed by atoms with Gasteiger partial charge in [-0.3, -0.25) is 14.5 Å². The fraction of sp³-hybridized carbons (Fsp3) is 0.667. The number of hydrogen-bond donors (Lipinski definition) is 3. The maximum atomic E-state index is 12.7. The molecule has 0 saturated carbocycles. The number of carbonyl (C=O) groups is 2. The number of aryl methyl sites for hydroxylation is 2. The molecule has 3 rings (SSSR count). The van der Waals surface area contributed by atoms with E-state index in [0.717, 1.165) is 43.7 Å². The number of aromatic nitrogens is 1. The molecule has 1 atom stereocenters. The molecule has 2 aliphatic heterocycles. The van der Waals surface area contributed by atoms with Crippen LogP contribution >= 0.6 is 0 Å². The van der Waals surface area contributed by atoms with E-state index in [2.05, 4.69) is 22.8 Å². The van der Waals surface area contributed by atoms with Gasteiger partial charge in [0, 0.05) is 24.2 Å². The number of carboxylic acids is 1. The zero-order chi connectivity index (χ0) is 20.1. The van der Waals surface area contributed by atoms with Crippen LogP contribution in [0.5, 0.6) is 0 Å². The van der Waals surface area contributed by atoms with Crippen molar-refractivity contribution in [3.05, 3.63) is 23.4 Å². The van der Waals surface area contributed by atoms with Crippen molar-refractivity contribution in [2.24, 2.45) is 5.41 Å². The second kappa shape index (κ2) is 8.90. The summed E-state index contributed by atoms with van der Waals surface area (Å²) in [7, 11) is 0. The minimum absolute atomic E-state index is 0.0789. The van der Waals surface area contributed by atoms with Gasteiger partial charge in [-0.25, -0.2) is 4.98 Å². The zero-order valence-electron chi connectivity index (χ0n) is 17.0. The molecule has 1 unspecified atom stereocenters. The van der Waals surface area contributed by atoms with E-state index in [-0.39, 0.29) is 5.91 Å². The molecular formula is C21H32N4O3. The molecule has 0 aliphatic carbocycles. The third-order valence-corrected chi connectivity index (χ3v) is 6.20. The Morgan fingerprint density at radius 2 is 2.11 bits per heavy atom. The number of hydrogen-bond acceptors (Lipinski definition) is 5. The first-order chi connectivity index (χ1) is 13.4. The number of nitrogens with one attached hydrogen (secondary N) is 2. The van der Waals surface area contributed by atoms with Crippen LogP contribution in [0.1, 0.15) is 50.8 Å². The first-order valence-corrected chi connectivity index (χ1v) is 10.4. The fourth-order valence-electron chi connectivity index (χ4n) is 3.98. The molecule has 0 spiro atoms. The number of amides is 1. The summed E-state index contributed by atoms with van der Waals surface area (Å²) in [4.78, 5) is 30.4. The van der Waals surface area contributed by atoms with E-state index in [0.29, 0.717) is 32.5 Å². The molecule has 0 radical (unpaired) electrons. The fourth-order valence-corrected chi connectivity index (χ4v) is 3.98. The molecule has 28 heavy (non-hydrogen) atoms. The third kappa shape index (κ3) is 4.82. The summed E-state index contributed by atoms with van der Waals surface area (Å²) < 4.78 is 0. The van der Waals surface area contributed by atoms with Gasteiger partial charge >= 0.3 is 5.97 Å². The molecule has 3 N–H and O–H groups in total. The SMILES string of the molecule is CC(C(=O)O)N1CCC(C)(C(=O)NCCCc2ccc3c(n2)NCCC3)CC1. The van der Waals surface area contributed by atoms with Gasteiger partial charge in [-0.2, -0.15) is 0 Å². The highest BCUT2D eigenvalue weighted by Crippen LogP contribution is 2.32. The smallest absolute Gasteiger partial charge is 0.320 e. The number of carbonyl (C=O) groups excluding carboxylic acids is 1. The van der Waals surface area contributed by atoms with Crippen LogP contribution in [0.3, 0.4) is 0 Å². The number of carboxylic acid groups (broad SMARTS) is 1. The second-order valence-corrected chi connectivity index (χ2v) is 8.31. The molecular weight excluding hydrogens is 356 g/mol. The van der Waals surface area contributed by atoms with Crippen molar-refractivity contribution in [2.75, 3.05) is 31.5 Å². The maximum Gasteiger partial charge on any atom is 0.320 e. The summed E-state index contributed by atoms with van der Waals surface area (Å²) >= 11 is 0. The monoisotopic (exact) mass is 388 g/mol. The molecule has 154 valence electrons. The summed E-state index contributed by atoms with van der Waals surface area (Å²) in [6, 6.07) is 3.76. The maximum absolute atomic E-state index is 12.7. The molecule has 1 aromatic rings. The highest BCUT2D eigenvalue weighted by molar-refractivity contribution is 5.82. The topological polar surface area (TPSA) is 94.6 Å². The van der Waals surface area contributed by atoms with Crippen LogP contribution in [0, 0.1) is 5.41 Å². The van der Waals surface area contributed by atoms with Crippen molar-refractivity contribution in [3.63, 3.8) is 0 Å². The van der Waals surface area contributed by atoms with Crippen LogP contribution in [0.4, 0.5) is 5.82 Å². The van der Waals surface area contributed by atoms with Gasteiger partial charge in [-0.05, 0) is 70.2 Å². The van der Waals surface area contributed by atoms with Gasteiger partial charge in [0.15, 0.2) is 0 Å². The van der Waals surface area contributed by atoms with E-state index in [4.69, 9.17) is 10.1 Å². The Hall–Kier alpha value is -2.15. The van der Waals surface area contributed by atoms with Crippen molar-refractivity contribution in [3.8, 4) is 0 Å². The Labute approximate surface area is 166 Å². The highest BCUT2D eigenvalue weighted by Gasteiger charge is 2.38. The van der Waals surface area contributed by atoms with Gasteiger partial charge < -0.3 is 15.7 Å². The largest absolute Gasteiger partial charge is 0.480 e. The predicted octanol–water partition coefficient (Wildman–Crippen LogP) is 2.06. The van der Waals surface area contributed by atoms with E-state index in [9.17, 15) is 9.59 Å². The first kappa shape index (κ1) is 20.6. The van der Waals surface area contributed by atoms with Crippen LogP contribution in [0.25, 0.3) is 0 Å². The van der Waals surface area contributed by atoms with E-state index in [1.807, 2.05) is 11.8 Å². The molecule has 7 heteroatoms. The lowest BCUT2D eigenvalue weighted by atomic mass is 9.79. The molecule has 1 amide bonds. The van der Waals surface area contributed by atoms with Crippen molar-refractivity contribution in [2.45, 2.75) is 58.4 Å². The van der Waals surface area contributed by atoms with E-state index >= 15 is 0 Å².